The Kier molecular flexibility index (Phi) is 4.62. The summed E-state index contributed by atoms with van der Waals surface area (Å²) in [5, 5.41) is 0. The van der Waals surface area contributed by atoms with Crippen LogP contribution in [-0.4, -0.2) is 21.3 Å². The highest BCUT2D eigenvalue weighted by atomic mass is 32.2. The summed E-state index contributed by atoms with van der Waals surface area (Å²) in [5.74, 6) is 1.13. The van der Waals surface area contributed by atoms with Crippen LogP contribution in [0.2, 0.25) is 0 Å². The first-order chi connectivity index (χ1) is 8.30. The van der Waals surface area contributed by atoms with Crippen molar-refractivity contribution in [2.24, 2.45) is 0 Å². The van der Waals surface area contributed by atoms with E-state index >= 15 is 0 Å². The zero-order valence-electron chi connectivity index (χ0n) is 11.6. The molecule has 1 aromatic rings. The van der Waals surface area contributed by atoms with Crippen molar-refractivity contribution in [2.75, 3.05) is 17.6 Å². The summed E-state index contributed by atoms with van der Waals surface area (Å²) in [6.45, 7) is 7.57. The second-order valence-corrected chi connectivity index (χ2v) is 6.58. The Hall–Kier alpha value is -1.23. The van der Waals surface area contributed by atoms with Gasteiger partial charge in [0, 0.05) is 0 Å². The molecule has 0 fully saturated rings. The minimum absolute atomic E-state index is 0.0650. The molecule has 0 aliphatic heterocycles. The molecule has 0 aliphatic carbocycles. The fourth-order valence-electron chi connectivity index (χ4n) is 1.68. The zero-order chi connectivity index (χ0) is 13.9. The number of methoxy groups -OCH3 is 1. The molecule has 0 radical (unpaired) electrons. The van der Waals surface area contributed by atoms with Gasteiger partial charge in [-0.05, 0) is 43.0 Å². The Morgan fingerprint density at radius 1 is 1.33 bits per heavy atom. The van der Waals surface area contributed by atoms with Crippen molar-refractivity contribution >= 4 is 15.7 Å². The molecule has 18 heavy (non-hydrogen) atoms. The predicted molar refractivity (Wildman–Crippen MR) is 74.9 cm³/mol. The molecular formula is C13H21NO3S. The van der Waals surface area contributed by atoms with Gasteiger partial charge in [-0.2, -0.15) is 0 Å². The Bertz CT molecular complexity index is 521. The molecule has 0 bridgehead atoms. The van der Waals surface area contributed by atoms with E-state index < -0.39 is 10.0 Å². The second kappa shape index (κ2) is 5.61. The smallest absolute Gasteiger partial charge is 0.232 e. The molecular weight excluding hydrogens is 250 g/mol. The number of aryl methyl sites for hydroxylation is 1. The molecule has 0 heterocycles. The summed E-state index contributed by atoms with van der Waals surface area (Å²) in [6, 6.07) is 3.72. The Balaban J connectivity index is 3.26. The predicted octanol–water partition coefficient (Wildman–Crippen LogP) is 2.89. The quantitative estimate of drug-likeness (QED) is 0.896. The summed E-state index contributed by atoms with van der Waals surface area (Å²) >= 11 is 0. The molecule has 0 aliphatic rings. The lowest BCUT2D eigenvalue weighted by atomic mass is 9.99. The number of benzene rings is 1. The van der Waals surface area contributed by atoms with Crippen molar-refractivity contribution in [3.05, 3.63) is 23.3 Å². The molecule has 0 aromatic heterocycles. The second-order valence-electron chi connectivity index (χ2n) is 4.57. The zero-order valence-corrected chi connectivity index (χ0v) is 12.4. The number of ether oxygens (including phenoxy) is 1. The number of hydrogen-bond acceptors (Lipinski definition) is 3. The molecule has 0 saturated carbocycles. The topological polar surface area (TPSA) is 55.4 Å². The Labute approximate surface area is 109 Å². The molecule has 0 amide bonds. The van der Waals surface area contributed by atoms with Crippen LogP contribution in [-0.2, 0) is 10.0 Å². The van der Waals surface area contributed by atoms with Gasteiger partial charge in [-0.15, -0.1) is 0 Å². The van der Waals surface area contributed by atoms with Crippen molar-refractivity contribution in [3.8, 4) is 5.75 Å². The van der Waals surface area contributed by atoms with Gasteiger partial charge in [0.05, 0.1) is 18.6 Å². The van der Waals surface area contributed by atoms with Crippen molar-refractivity contribution < 1.29 is 13.2 Å². The van der Waals surface area contributed by atoms with Gasteiger partial charge < -0.3 is 4.74 Å². The van der Waals surface area contributed by atoms with Crippen LogP contribution >= 0.6 is 0 Å². The van der Waals surface area contributed by atoms with Crippen LogP contribution in [0.5, 0.6) is 5.75 Å². The number of nitrogens with one attached hydrogen (secondary N) is 1. The molecule has 1 aromatic carbocycles. The molecule has 0 unspecified atom stereocenters. The maximum absolute atomic E-state index is 11.6. The van der Waals surface area contributed by atoms with E-state index in [9.17, 15) is 8.42 Å². The van der Waals surface area contributed by atoms with E-state index in [1.165, 1.54) is 0 Å². The standard InChI is InChI=1S/C13H21NO3S/c1-6-18(15,16)14-12-8-11(9(2)3)13(17-5)7-10(12)4/h7-9,14H,6H2,1-5H3. The van der Waals surface area contributed by atoms with Gasteiger partial charge in [0.15, 0.2) is 0 Å². The van der Waals surface area contributed by atoms with E-state index in [2.05, 4.69) is 4.72 Å². The highest BCUT2D eigenvalue weighted by Crippen LogP contribution is 2.32. The van der Waals surface area contributed by atoms with E-state index in [1.54, 1.807) is 14.0 Å². The van der Waals surface area contributed by atoms with Gasteiger partial charge in [-0.25, -0.2) is 8.42 Å². The maximum atomic E-state index is 11.6. The molecule has 0 spiro atoms. The first-order valence-electron chi connectivity index (χ1n) is 5.99. The van der Waals surface area contributed by atoms with Crippen molar-refractivity contribution in [1.29, 1.82) is 0 Å². The molecule has 4 nitrogen and oxygen atoms in total. The third-order valence-electron chi connectivity index (χ3n) is 2.84. The highest BCUT2D eigenvalue weighted by Gasteiger charge is 2.14. The summed E-state index contributed by atoms with van der Waals surface area (Å²) in [6.07, 6.45) is 0. The Morgan fingerprint density at radius 2 is 1.94 bits per heavy atom. The summed E-state index contributed by atoms with van der Waals surface area (Å²) in [4.78, 5) is 0. The monoisotopic (exact) mass is 271 g/mol. The van der Waals surface area contributed by atoms with Gasteiger partial charge in [0.1, 0.15) is 5.75 Å². The van der Waals surface area contributed by atoms with E-state index in [0.29, 0.717) is 5.69 Å². The van der Waals surface area contributed by atoms with Gasteiger partial charge in [0.2, 0.25) is 10.0 Å². The van der Waals surface area contributed by atoms with Gasteiger partial charge in [-0.1, -0.05) is 13.8 Å². The van der Waals surface area contributed by atoms with Crippen molar-refractivity contribution in [1.82, 2.24) is 0 Å². The van der Waals surface area contributed by atoms with Crippen LogP contribution in [0.4, 0.5) is 5.69 Å². The lowest BCUT2D eigenvalue weighted by molar-refractivity contribution is 0.407. The highest BCUT2D eigenvalue weighted by molar-refractivity contribution is 7.92. The summed E-state index contributed by atoms with van der Waals surface area (Å²) in [7, 11) is -1.63. The number of sulfonamides is 1. The number of hydrogen-bond donors (Lipinski definition) is 1. The lowest BCUT2D eigenvalue weighted by Gasteiger charge is -2.17. The molecule has 0 atom stereocenters. The van der Waals surface area contributed by atoms with Crippen molar-refractivity contribution in [2.45, 2.75) is 33.6 Å². The largest absolute Gasteiger partial charge is 0.496 e. The van der Waals surface area contributed by atoms with E-state index in [0.717, 1.165) is 16.9 Å². The average molecular weight is 271 g/mol. The third-order valence-corrected chi connectivity index (χ3v) is 4.14. The molecule has 1 N–H and O–H groups in total. The summed E-state index contributed by atoms with van der Waals surface area (Å²) < 4.78 is 31.1. The van der Waals surface area contributed by atoms with Crippen LogP contribution in [0, 0.1) is 6.92 Å². The Morgan fingerprint density at radius 3 is 2.39 bits per heavy atom. The first kappa shape index (κ1) is 14.8. The minimum atomic E-state index is -3.25. The molecule has 102 valence electrons. The maximum Gasteiger partial charge on any atom is 0.232 e. The van der Waals surface area contributed by atoms with Crippen LogP contribution < -0.4 is 9.46 Å². The van der Waals surface area contributed by atoms with Crippen molar-refractivity contribution in [3.63, 3.8) is 0 Å². The van der Waals surface area contributed by atoms with E-state index in [4.69, 9.17) is 4.74 Å². The number of rotatable bonds is 5. The van der Waals surface area contributed by atoms with E-state index in [1.807, 2.05) is 32.9 Å². The fourth-order valence-corrected chi connectivity index (χ4v) is 2.38. The van der Waals surface area contributed by atoms with E-state index in [-0.39, 0.29) is 11.7 Å². The number of anilines is 1. The third kappa shape index (κ3) is 3.38. The average Bonchev–Trinajstić information content (AvgIpc) is 2.30. The van der Waals surface area contributed by atoms with Crippen LogP contribution in [0.3, 0.4) is 0 Å². The lowest BCUT2D eigenvalue weighted by Crippen LogP contribution is -2.15. The molecule has 0 saturated heterocycles. The van der Waals surface area contributed by atoms with Crippen LogP contribution in [0.1, 0.15) is 37.8 Å². The van der Waals surface area contributed by atoms with Crippen LogP contribution in [0.25, 0.3) is 0 Å². The molecule has 5 heteroatoms. The van der Waals surface area contributed by atoms with Gasteiger partial charge >= 0.3 is 0 Å². The molecule has 1 rings (SSSR count). The van der Waals surface area contributed by atoms with Gasteiger partial charge in [-0.3, -0.25) is 4.72 Å². The minimum Gasteiger partial charge on any atom is -0.496 e. The van der Waals surface area contributed by atoms with Gasteiger partial charge in [0.25, 0.3) is 0 Å². The normalized spacial score (nSPS) is 11.7. The fraction of sp³-hybridized carbons (Fsp3) is 0.538. The van der Waals surface area contributed by atoms with Crippen LogP contribution in [0.15, 0.2) is 12.1 Å². The SMILES string of the molecule is CCS(=O)(=O)Nc1cc(C(C)C)c(OC)cc1C. The first-order valence-corrected chi connectivity index (χ1v) is 7.65. The summed E-state index contributed by atoms with van der Waals surface area (Å²) in [5.41, 5.74) is 2.48.